The van der Waals surface area contributed by atoms with Crippen LogP contribution in [0.15, 0.2) is 0 Å². The first-order valence-corrected chi connectivity index (χ1v) is 8.76. The maximum absolute atomic E-state index is 5.51. The van der Waals surface area contributed by atoms with Crippen LogP contribution in [0.5, 0.6) is 0 Å². The molecule has 1 unspecified atom stereocenters. The first-order valence-electron chi connectivity index (χ1n) is 7.95. The van der Waals surface area contributed by atoms with Crippen molar-refractivity contribution in [3.63, 3.8) is 0 Å². The van der Waals surface area contributed by atoms with Crippen LogP contribution in [0, 0.1) is 0 Å². The van der Waals surface area contributed by atoms with Gasteiger partial charge >= 0.3 is 0 Å². The minimum Gasteiger partial charge on any atom is -0.379 e. The van der Waals surface area contributed by atoms with Gasteiger partial charge in [-0.15, -0.1) is 11.3 Å². The Bertz CT molecular complexity index is 447. The van der Waals surface area contributed by atoms with Crippen molar-refractivity contribution in [2.24, 2.45) is 0 Å². The summed E-state index contributed by atoms with van der Waals surface area (Å²) in [6.45, 7) is 12.6. The van der Waals surface area contributed by atoms with Crippen LogP contribution < -0.4 is 10.2 Å². The summed E-state index contributed by atoms with van der Waals surface area (Å²) in [5.41, 5.74) is 1.32. The normalized spacial score (nSPS) is 19.2. The third-order valence-corrected chi connectivity index (χ3v) is 5.01. The zero-order valence-electron chi connectivity index (χ0n) is 14.0. The Morgan fingerprint density at radius 3 is 2.76 bits per heavy atom. The fourth-order valence-corrected chi connectivity index (χ4v) is 3.83. The molecule has 0 radical (unpaired) electrons. The molecule has 1 atom stereocenters. The van der Waals surface area contributed by atoms with Crippen LogP contribution in [0.3, 0.4) is 0 Å². The van der Waals surface area contributed by atoms with E-state index in [1.807, 2.05) is 11.3 Å². The molecule has 5 heteroatoms. The van der Waals surface area contributed by atoms with Gasteiger partial charge in [-0.1, -0.05) is 27.7 Å². The number of hydrogen-bond acceptors (Lipinski definition) is 5. The van der Waals surface area contributed by atoms with Crippen LogP contribution in [-0.2, 0) is 16.7 Å². The molecule has 1 saturated heterocycles. The molecule has 21 heavy (non-hydrogen) atoms. The number of thiazole rings is 1. The number of aromatic nitrogens is 1. The van der Waals surface area contributed by atoms with E-state index in [0.29, 0.717) is 6.04 Å². The molecule has 1 aliphatic rings. The lowest BCUT2D eigenvalue weighted by molar-refractivity contribution is 0.193. The zero-order valence-corrected chi connectivity index (χ0v) is 14.8. The van der Waals surface area contributed by atoms with E-state index in [2.05, 4.69) is 45.0 Å². The molecule has 2 heterocycles. The molecule has 0 spiro atoms. The number of nitrogens with zero attached hydrogens (tertiary/aromatic N) is 2. The topological polar surface area (TPSA) is 37.4 Å². The SMILES string of the molecule is CCCNCc1sc(N(C)C2CCOC2)nc1C(C)(C)C. The van der Waals surface area contributed by atoms with Crippen molar-refractivity contribution in [2.75, 3.05) is 31.7 Å². The summed E-state index contributed by atoms with van der Waals surface area (Å²) >= 11 is 1.83. The molecule has 0 saturated carbocycles. The lowest BCUT2D eigenvalue weighted by Crippen LogP contribution is -2.31. The van der Waals surface area contributed by atoms with Gasteiger partial charge in [-0.2, -0.15) is 0 Å². The van der Waals surface area contributed by atoms with E-state index in [4.69, 9.17) is 9.72 Å². The van der Waals surface area contributed by atoms with Crippen molar-refractivity contribution in [1.29, 1.82) is 0 Å². The molecule has 4 nitrogen and oxygen atoms in total. The largest absolute Gasteiger partial charge is 0.379 e. The molecule has 0 aromatic carbocycles. The van der Waals surface area contributed by atoms with Gasteiger partial charge in [0.1, 0.15) is 0 Å². The van der Waals surface area contributed by atoms with Crippen molar-refractivity contribution in [1.82, 2.24) is 10.3 Å². The number of hydrogen-bond donors (Lipinski definition) is 1. The van der Waals surface area contributed by atoms with Gasteiger partial charge in [0.15, 0.2) is 5.13 Å². The monoisotopic (exact) mass is 311 g/mol. The van der Waals surface area contributed by atoms with E-state index in [-0.39, 0.29) is 5.41 Å². The van der Waals surface area contributed by atoms with Gasteiger partial charge in [-0.25, -0.2) is 4.98 Å². The van der Waals surface area contributed by atoms with E-state index < -0.39 is 0 Å². The molecule has 1 aromatic rings. The number of anilines is 1. The van der Waals surface area contributed by atoms with Gasteiger partial charge in [0, 0.05) is 30.5 Å². The van der Waals surface area contributed by atoms with Gasteiger partial charge in [0.2, 0.25) is 0 Å². The number of rotatable bonds is 6. The summed E-state index contributed by atoms with van der Waals surface area (Å²) in [4.78, 5) is 8.63. The van der Waals surface area contributed by atoms with E-state index in [9.17, 15) is 0 Å². The third-order valence-electron chi connectivity index (χ3n) is 3.86. The molecule has 0 aliphatic carbocycles. The molecular weight excluding hydrogens is 282 g/mol. The predicted molar refractivity (Wildman–Crippen MR) is 90.4 cm³/mol. The molecule has 1 N–H and O–H groups in total. The van der Waals surface area contributed by atoms with Gasteiger partial charge in [0.05, 0.1) is 18.3 Å². The maximum atomic E-state index is 5.51. The van der Waals surface area contributed by atoms with Crippen LogP contribution in [0.25, 0.3) is 0 Å². The van der Waals surface area contributed by atoms with Gasteiger partial charge < -0.3 is 15.0 Å². The molecule has 120 valence electrons. The highest BCUT2D eigenvalue weighted by atomic mass is 32.1. The van der Waals surface area contributed by atoms with E-state index in [1.54, 1.807) is 0 Å². The van der Waals surface area contributed by atoms with Crippen LogP contribution >= 0.6 is 11.3 Å². The Balaban J connectivity index is 2.18. The summed E-state index contributed by atoms with van der Waals surface area (Å²) < 4.78 is 5.51. The van der Waals surface area contributed by atoms with Gasteiger partial charge in [-0.05, 0) is 19.4 Å². The second-order valence-corrected chi connectivity index (χ2v) is 7.89. The Morgan fingerprint density at radius 1 is 1.43 bits per heavy atom. The number of ether oxygens (including phenoxy) is 1. The summed E-state index contributed by atoms with van der Waals surface area (Å²) in [6, 6.07) is 0.473. The standard InChI is InChI=1S/C16H29N3OS/c1-6-8-17-10-13-14(16(2,3)4)18-15(21-13)19(5)12-7-9-20-11-12/h12,17H,6-11H2,1-5H3. The van der Waals surface area contributed by atoms with E-state index in [1.165, 1.54) is 10.6 Å². The molecular formula is C16H29N3OS. The highest BCUT2D eigenvalue weighted by Gasteiger charge is 2.27. The molecule has 1 aromatic heterocycles. The Hall–Kier alpha value is -0.650. The number of likely N-dealkylation sites (N-methyl/N-ethyl adjacent to an activating group) is 1. The first kappa shape index (κ1) is 16.7. The first-order chi connectivity index (χ1) is 9.93. The van der Waals surface area contributed by atoms with Gasteiger partial charge in [-0.3, -0.25) is 0 Å². The Labute approximate surface area is 132 Å². The lowest BCUT2D eigenvalue weighted by atomic mass is 9.91. The molecule has 1 aliphatic heterocycles. The smallest absolute Gasteiger partial charge is 0.185 e. The summed E-state index contributed by atoms with van der Waals surface area (Å²) in [7, 11) is 2.15. The highest BCUT2D eigenvalue weighted by molar-refractivity contribution is 7.15. The summed E-state index contributed by atoms with van der Waals surface area (Å²) in [5.74, 6) is 0. The molecule has 0 amide bonds. The van der Waals surface area contributed by atoms with Crippen molar-refractivity contribution >= 4 is 16.5 Å². The number of nitrogens with one attached hydrogen (secondary N) is 1. The zero-order chi connectivity index (χ0) is 15.5. The van der Waals surface area contributed by atoms with Crippen molar-refractivity contribution in [3.05, 3.63) is 10.6 Å². The van der Waals surface area contributed by atoms with Crippen molar-refractivity contribution < 1.29 is 4.74 Å². The lowest BCUT2D eigenvalue weighted by Gasteiger charge is -2.22. The molecule has 1 fully saturated rings. The highest BCUT2D eigenvalue weighted by Crippen LogP contribution is 2.34. The average molecular weight is 311 g/mol. The summed E-state index contributed by atoms with van der Waals surface area (Å²) in [5, 5.41) is 4.64. The summed E-state index contributed by atoms with van der Waals surface area (Å²) in [6.07, 6.45) is 2.26. The molecule has 2 rings (SSSR count). The van der Waals surface area contributed by atoms with Gasteiger partial charge in [0.25, 0.3) is 0 Å². The Morgan fingerprint density at radius 2 is 2.19 bits per heavy atom. The average Bonchev–Trinajstić information content (AvgIpc) is 3.07. The second kappa shape index (κ2) is 7.07. The quantitative estimate of drug-likeness (QED) is 0.819. The minimum atomic E-state index is 0.0883. The molecule has 0 bridgehead atoms. The van der Waals surface area contributed by atoms with Crippen LogP contribution in [-0.4, -0.2) is 37.8 Å². The van der Waals surface area contributed by atoms with Crippen LogP contribution in [0.4, 0.5) is 5.13 Å². The predicted octanol–water partition coefficient (Wildman–Crippen LogP) is 3.17. The van der Waals surface area contributed by atoms with Crippen molar-refractivity contribution in [3.8, 4) is 0 Å². The minimum absolute atomic E-state index is 0.0883. The van der Waals surface area contributed by atoms with Crippen molar-refractivity contribution in [2.45, 2.75) is 58.5 Å². The Kier molecular flexibility index (Phi) is 5.63. The third kappa shape index (κ3) is 4.18. The fraction of sp³-hybridized carbons (Fsp3) is 0.812. The fourth-order valence-electron chi connectivity index (χ4n) is 2.56. The second-order valence-electron chi connectivity index (χ2n) is 6.82. The van der Waals surface area contributed by atoms with E-state index >= 15 is 0 Å². The van der Waals surface area contributed by atoms with Crippen LogP contribution in [0.2, 0.25) is 0 Å². The maximum Gasteiger partial charge on any atom is 0.185 e. The van der Waals surface area contributed by atoms with Crippen LogP contribution in [0.1, 0.15) is 51.1 Å². The van der Waals surface area contributed by atoms with E-state index in [0.717, 1.165) is 44.3 Å².